The molecule has 0 heterocycles. The first kappa shape index (κ1) is 21.0. The molecule has 7 nitrogen and oxygen atoms in total. The molecule has 0 bridgehead atoms. The summed E-state index contributed by atoms with van der Waals surface area (Å²) in [5.41, 5.74) is 1.23. The van der Waals surface area contributed by atoms with E-state index in [1.807, 2.05) is 43.1 Å². The van der Waals surface area contributed by atoms with Crippen LogP contribution in [0.3, 0.4) is 0 Å². The molecule has 2 N–H and O–H groups in total. The van der Waals surface area contributed by atoms with Crippen molar-refractivity contribution in [2.75, 3.05) is 33.8 Å². The van der Waals surface area contributed by atoms with Crippen molar-refractivity contribution in [3.05, 3.63) is 29.8 Å². The molecule has 0 unspecified atom stereocenters. The third kappa shape index (κ3) is 6.43. The number of methoxy groups -OCH3 is 1. The van der Waals surface area contributed by atoms with Gasteiger partial charge in [0.15, 0.2) is 0 Å². The van der Waals surface area contributed by atoms with Crippen LogP contribution in [-0.2, 0) is 11.2 Å². The zero-order chi connectivity index (χ0) is 19.8. The topological polar surface area (TPSA) is 82.1 Å². The Labute approximate surface area is 161 Å². The van der Waals surface area contributed by atoms with E-state index < -0.39 is 5.97 Å². The standard InChI is InChI=1S/C20H31N3O4/c1-4-23(14-19(24)25)17-12-16(13-17)21-20(26)22(2)11-5-6-15-7-9-18(27-3)10-8-15/h7-10,16-17H,4-6,11-14H2,1-3H3,(H,21,26)(H,24,25). The molecule has 0 spiro atoms. The molecule has 0 saturated heterocycles. The van der Waals surface area contributed by atoms with Crippen LogP contribution in [0.5, 0.6) is 5.75 Å². The highest BCUT2D eigenvalue weighted by Gasteiger charge is 2.35. The number of carboxylic acid groups (broad SMARTS) is 1. The Bertz CT molecular complexity index is 614. The zero-order valence-electron chi connectivity index (χ0n) is 16.5. The molecular formula is C20H31N3O4. The lowest BCUT2D eigenvalue weighted by Gasteiger charge is -2.42. The summed E-state index contributed by atoms with van der Waals surface area (Å²) in [7, 11) is 3.46. The van der Waals surface area contributed by atoms with E-state index in [9.17, 15) is 9.59 Å². The summed E-state index contributed by atoms with van der Waals surface area (Å²) in [5, 5.41) is 12.0. The summed E-state index contributed by atoms with van der Waals surface area (Å²) in [4.78, 5) is 26.8. The highest BCUT2D eigenvalue weighted by Crippen LogP contribution is 2.25. The van der Waals surface area contributed by atoms with E-state index in [4.69, 9.17) is 9.84 Å². The number of nitrogens with one attached hydrogen (secondary N) is 1. The van der Waals surface area contributed by atoms with Crippen molar-refractivity contribution in [3.8, 4) is 5.75 Å². The average molecular weight is 377 g/mol. The second kappa shape index (κ2) is 10.2. The van der Waals surface area contributed by atoms with Crippen molar-refractivity contribution in [3.63, 3.8) is 0 Å². The Balaban J connectivity index is 1.65. The van der Waals surface area contributed by atoms with E-state index in [1.165, 1.54) is 5.56 Å². The predicted molar refractivity (Wildman–Crippen MR) is 104 cm³/mol. The van der Waals surface area contributed by atoms with Gasteiger partial charge in [-0.3, -0.25) is 9.69 Å². The van der Waals surface area contributed by atoms with Gasteiger partial charge in [-0.2, -0.15) is 0 Å². The van der Waals surface area contributed by atoms with Crippen molar-refractivity contribution in [1.29, 1.82) is 0 Å². The third-order valence-corrected chi connectivity index (χ3v) is 5.17. The van der Waals surface area contributed by atoms with Crippen LogP contribution in [0, 0.1) is 0 Å². The van der Waals surface area contributed by atoms with Crippen molar-refractivity contribution < 1.29 is 19.4 Å². The molecule has 0 aliphatic heterocycles. The maximum absolute atomic E-state index is 12.3. The predicted octanol–water partition coefficient (Wildman–Crippen LogP) is 2.21. The largest absolute Gasteiger partial charge is 0.497 e. The maximum Gasteiger partial charge on any atom is 0.317 e. The van der Waals surface area contributed by atoms with Crippen molar-refractivity contribution in [1.82, 2.24) is 15.1 Å². The van der Waals surface area contributed by atoms with Gasteiger partial charge in [-0.05, 0) is 49.9 Å². The van der Waals surface area contributed by atoms with E-state index in [0.29, 0.717) is 13.1 Å². The summed E-state index contributed by atoms with van der Waals surface area (Å²) in [6.07, 6.45) is 3.43. The smallest absolute Gasteiger partial charge is 0.317 e. The van der Waals surface area contributed by atoms with Gasteiger partial charge in [-0.1, -0.05) is 19.1 Å². The Hall–Kier alpha value is -2.28. The minimum atomic E-state index is -0.805. The van der Waals surface area contributed by atoms with Gasteiger partial charge in [0.25, 0.3) is 0 Å². The highest BCUT2D eigenvalue weighted by atomic mass is 16.5. The molecule has 0 atom stereocenters. The number of hydrogen-bond donors (Lipinski definition) is 2. The van der Waals surface area contributed by atoms with Crippen LogP contribution in [0.1, 0.15) is 31.7 Å². The Morgan fingerprint density at radius 1 is 1.26 bits per heavy atom. The molecule has 2 amide bonds. The lowest BCUT2D eigenvalue weighted by atomic mass is 9.85. The van der Waals surface area contributed by atoms with Gasteiger partial charge in [0.1, 0.15) is 5.75 Å². The number of amides is 2. The lowest BCUT2D eigenvalue weighted by molar-refractivity contribution is -0.139. The van der Waals surface area contributed by atoms with E-state index in [-0.39, 0.29) is 24.7 Å². The van der Waals surface area contributed by atoms with Crippen LogP contribution in [0.15, 0.2) is 24.3 Å². The molecule has 1 aliphatic carbocycles. The SMILES string of the molecule is CCN(CC(=O)O)C1CC(NC(=O)N(C)CCCc2ccc(OC)cc2)C1. The summed E-state index contributed by atoms with van der Waals surface area (Å²) < 4.78 is 5.15. The maximum atomic E-state index is 12.3. The van der Waals surface area contributed by atoms with Crippen molar-refractivity contribution in [2.45, 2.75) is 44.7 Å². The quantitative estimate of drug-likeness (QED) is 0.653. The number of nitrogens with zero attached hydrogens (tertiary/aromatic N) is 2. The van der Waals surface area contributed by atoms with E-state index >= 15 is 0 Å². The third-order valence-electron chi connectivity index (χ3n) is 5.17. The molecule has 0 radical (unpaired) electrons. The fourth-order valence-corrected chi connectivity index (χ4v) is 3.38. The molecule has 1 aromatic rings. The fourth-order valence-electron chi connectivity index (χ4n) is 3.38. The number of carbonyl (C=O) groups excluding carboxylic acids is 1. The van der Waals surface area contributed by atoms with Crippen molar-refractivity contribution in [2.24, 2.45) is 0 Å². The van der Waals surface area contributed by atoms with Crippen molar-refractivity contribution >= 4 is 12.0 Å². The molecular weight excluding hydrogens is 346 g/mol. The van der Waals surface area contributed by atoms with E-state index in [1.54, 1.807) is 12.0 Å². The van der Waals surface area contributed by atoms with E-state index in [0.717, 1.165) is 31.4 Å². The molecule has 150 valence electrons. The van der Waals surface area contributed by atoms with Crippen LogP contribution in [-0.4, -0.2) is 72.8 Å². The molecule has 0 aromatic heterocycles. The summed E-state index contributed by atoms with van der Waals surface area (Å²) in [6, 6.07) is 8.31. The highest BCUT2D eigenvalue weighted by molar-refractivity contribution is 5.74. The first-order valence-electron chi connectivity index (χ1n) is 9.53. The Kier molecular flexibility index (Phi) is 7.91. The van der Waals surface area contributed by atoms with Gasteiger partial charge < -0.3 is 20.1 Å². The van der Waals surface area contributed by atoms with Gasteiger partial charge in [0, 0.05) is 25.7 Å². The number of hydrogen-bond acceptors (Lipinski definition) is 4. The minimum Gasteiger partial charge on any atom is -0.497 e. The number of aliphatic carboxylic acids is 1. The summed E-state index contributed by atoms with van der Waals surface area (Å²) in [6.45, 7) is 3.43. The number of benzene rings is 1. The monoisotopic (exact) mass is 377 g/mol. The second-order valence-electron chi connectivity index (χ2n) is 7.10. The van der Waals surface area contributed by atoms with E-state index in [2.05, 4.69) is 5.32 Å². The number of ether oxygens (including phenoxy) is 1. The minimum absolute atomic E-state index is 0.0607. The summed E-state index contributed by atoms with van der Waals surface area (Å²) >= 11 is 0. The average Bonchev–Trinajstić information content (AvgIpc) is 2.62. The second-order valence-corrected chi connectivity index (χ2v) is 7.10. The Morgan fingerprint density at radius 3 is 2.48 bits per heavy atom. The number of aryl methyl sites for hydroxylation is 1. The van der Waals surface area contributed by atoms with Crippen LogP contribution < -0.4 is 10.1 Å². The first-order chi connectivity index (χ1) is 12.9. The molecule has 1 saturated carbocycles. The van der Waals surface area contributed by atoms with Gasteiger partial charge in [-0.15, -0.1) is 0 Å². The van der Waals surface area contributed by atoms with Gasteiger partial charge in [-0.25, -0.2) is 4.79 Å². The number of likely N-dealkylation sites (N-methyl/N-ethyl adjacent to an activating group) is 1. The van der Waals surface area contributed by atoms with Gasteiger partial charge in [0.2, 0.25) is 0 Å². The van der Waals surface area contributed by atoms with Crippen LogP contribution in [0.25, 0.3) is 0 Å². The lowest BCUT2D eigenvalue weighted by Crippen LogP contribution is -2.56. The normalized spacial score (nSPS) is 18.7. The number of rotatable bonds is 10. The number of carbonyl (C=O) groups is 2. The molecule has 2 rings (SSSR count). The summed E-state index contributed by atoms with van der Waals surface area (Å²) in [5.74, 6) is 0.0416. The molecule has 7 heteroatoms. The van der Waals surface area contributed by atoms with Crippen LogP contribution in [0.4, 0.5) is 4.79 Å². The molecule has 1 fully saturated rings. The zero-order valence-corrected chi connectivity index (χ0v) is 16.5. The fraction of sp³-hybridized carbons (Fsp3) is 0.600. The number of carboxylic acids is 1. The van der Waals surface area contributed by atoms with Crippen LogP contribution >= 0.6 is 0 Å². The molecule has 1 aliphatic rings. The first-order valence-corrected chi connectivity index (χ1v) is 9.53. The Morgan fingerprint density at radius 2 is 1.93 bits per heavy atom. The molecule has 27 heavy (non-hydrogen) atoms. The molecule has 1 aromatic carbocycles. The van der Waals surface area contributed by atoms with Gasteiger partial charge >= 0.3 is 12.0 Å². The van der Waals surface area contributed by atoms with Crippen LogP contribution in [0.2, 0.25) is 0 Å². The van der Waals surface area contributed by atoms with Gasteiger partial charge in [0.05, 0.1) is 13.7 Å². The number of urea groups is 1.